The van der Waals surface area contributed by atoms with Crippen molar-refractivity contribution in [2.45, 2.75) is 25.3 Å². The summed E-state index contributed by atoms with van der Waals surface area (Å²) in [6, 6.07) is 5.79. The van der Waals surface area contributed by atoms with E-state index in [4.69, 9.17) is 5.73 Å². The van der Waals surface area contributed by atoms with Crippen molar-refractivity contribution in [3.8, 4) is 0 Å². The molecule has 3 N–H and O–H groups in total. The first-order valence-electron chi connectivity index (χ1n) is 8.89. The maximum absolute atomic E-state index is 12.9. The Morgan fingerprint density at radius 2 is 2.11 bits per heavy atom. The van der Waals surface area contributed by atoms with Crippen LogP contribution in [0.25, 0.3) is 11.0 Å². The average Bonchev–Trinajstić information content (AvgIpc) is 3.11. The number of aromatic nitrogens is 2. The lowest BCUT2D eigenvalue weighted by Crippen LogP contribution is -2.57. The van der Waals surface area contributed by atoms with Crippen LogP contribution in [-0.2, 0) is 4.79 Å². The molecule has 2 aliphatic heterocycles. The summed E-state index contributed by atoms with van der Waals surface area (Å²) in [5.74, 6) is 0.603. The Kier molecular flexibility index (Phi) is 7.08. The molecule has 0 saturated carbocycles. The number of aromatic amines is 1. The first kappa shape index (κ1) is 21.5. The molecule has 27 heavy (non-hydrogen) atoms. The van der Waals surface area contributed by atoms with E-state index in [1.807, 2.05) is 28.0 Å². The van der Waals surface area contributed by atoms with Crippen LogP contribution < -0.4 is 5.73 Å². The van der Waals surface area contributed by atoms with Gasteiger partial charge in [0.15, 0.2) is 0 Å². The number of carbonyl (C=O) groups excluding carboxylic acids is 2. The molecule has 0 aliphatic carbocycles. The summed E-state index contributed by atoms with van der Waals surface area (Å²) in [5, 5.41) is 0. The van der Waals surface area contributed by atoms with Crippen LogP contribution in [0.15, 0.2) is 24.5 Å². The zero-order chi connectivity index (χ0) is 17.4. The van der Waals surface area contributed by atoms with Crippen LogP contribution in [-0.4, -0.2) is 63.8 Å². The Hall–Kier alpha value is -1.83. The van der Waals surface area contributed by atoms with Crippen LogP contribution in [0.1, 0.15) is 29.6 Å². The number of hydrogen-bond donors (Lipinski definition) is 2. The maximum Gasteiger partial charge on any atom is 0.253 e. The molecule has 2 saturated heterocycles. The molecule has 0 radical (unpaired) electrons. The van der Waals surface area contributed by atoms with Gasteiger partial charge in [0.2, 0.25) is 5.91 Å². The van der Waals surface area contributed by atoms with Gasteiger partial charge >= 0.3 is 0 Å². The molecule has 9 heteroatoms. The van der Waals surface area contributed by atoms with Crippen molar-refractivity contribution in [2.24, 2.45) is 11.7 Å². The van der Waals surface area contributed by atoms with E-state index in [0.29, 0.717) is 44.1 Å². The minimum Gasteiger partial charge on any atom is -0.345 e. The van der Waals surface area contributed by atoms with Gasteiger partial charge in [-0.2, -0.15) is 0 Å². The van der Waals surface area contributed by atoms with Gasteiger partial charge in [0, 0.05) is 44.2 Å². The van der Waals surface area contributed by atoms with Crippen molar-refractivity contribution in [1.82, 2.24) is 19.8 Å². The number of imidazole rings is 1. The van der Waals surface area contributed by atoms with E-state index in [9.17, 15) is 9.59 Å². The van der Waals surface area contributed by atoms with Gasteiger partial charge in [-0.1, -0.05) is 0 Å². The minimum absolute atomic E-state index is 0. The normalized spacial score (nSPS) is 22.0. The fraction of sp³-hybridized carbons (Fsp3) is 0.500. The predicted molar refractivity (Wildman–Crippen MR) is 108 cm³/mol. The molecule has 2 fully saturated rings. The van der Waals surface area contributed by atoms with Crippen LogP contribution in [0.3, 0.4) is 0 Å². The number of nitrogens with two attached hydrogens (primary N) is 1. The highest BCUT2D eigenvalue weighted by atomic mass is 35.5. The van der Waals surface area contributed by atoms with E-state index in [0.717, 1.165) is 23.9 Å². The van der Waals surface area contributed by atoms with E-state index in [1.165, 1.54) is 0 Å². The highest BCUT2D eigenvalue weighted by Crippen LogP contribution is 2.31. The topological polar surface area (TPSA) is 95.3 Å². The summed E-state index contributed by atoms with van der Waals surface area (Å²) in [7, 11) is 0. The number of amides is 2. The Morgan fingerprint density at radius 3 is 2.89 bits per heavy atom. The number of nitrogens with one attached hydrogen (secondary N) is 1. The molecule has 2 aliphatic rings. The largest absolute Gasteiger partial charge is 0.345 e. The van der Waals surface area contributed by atoms with Crippen molar-refractivity contribution in [3.63, 3.8) is 0 Å². The number of likely N-dealkylation sites (tertiary alicyclic amines) is 2. The van der Waals surface area contributed by atoms with Crippen LogP contribution in [0.4, 0.5) is 0 Å². The summed E-state index contributed by atoms with van der Waals surface area (Å²) in [5.41, 5.74) is 8.08. The van der Waals surface area contributed by atoms with E-state index < -0.39 is 0 Å². The molecular weight excluding hydrogens is 389 g/mol. The van der Waals surface area contributed by atoms with E-state index >= 15 is 0 Å². The third-order valence-corrected chi connectivity index (χ3v) is 5.47. The number of hydrogen-bond acceptors (Lipinski definition) is 4. The molecule has 1 aromatic carbocycles. The molecule has 0 spiro atoms. The van der Waals surface area contributed by atoms with Crippen LogP contribution >= 0.6 is 24.8 Å². The van der Waals surface area contributed by atoms with Crippen LogP contribution in [0.5, 0.6) is 0 Å². The van der Waals surface area contributed by atoms with E-state index in [-0.39, 0.29) is 42.7 Å². The second-order valence-corrected chi connectivity index (χ2v) is 6.92. The summed E-state index contributed by atoms with van der Waals surface area (Å²) in [4.78, 5) is 36.2. The lowest BCUT2D eigenvalue weighted by atomic mass is 9.83. The molecule has 4 rings (SSSR count). The van der Waals surface area contributed by atoms with Crippen molar-refractivity contribution >= 4 is 47.7 Å². The van der Waals surface area contributed by atoms with Crippen LogP contribution in [0.2, 0.25) is 0 Å². The van der Waals surface area contributed by atoms with Gasteiger partial charge in [-0.05, 0) is 37.0 Å². The van der Waals surface area contributed by atoms with Gasteiger partial charge in [0.1, 0.15) is 0 Å². The van der Waals surface area contributed by atoms with Crippen molar-refractivity contribution in [3.05, 3.63) is 30.1 Å². The lowest BCUT2D eigenvalue weighted by molar-refractivity contribution is -0.140. The molecule has 0 unspecified atom stereocenters. The summed E-state index contributed by atoms with van der Waals surface area (Å²) < 4.78 is 0. The number of piperidine rings is 2. The highest BCUT2D eigenvalue weighted by Gasteiger charge is 2.40. The Balaban J connectivity index is 0.00000131. The number of carbonyl (C=O) groups is 2. The quantitative estimate of drug-likeness (QED) is 0.801. The molecule has 7 nitrogen and oxygen atoms in total. The SMILES string of the molecule is Cl.Cl.NCCN1C(=O)CC[C@H]2CN(C(=O)c3ccc4nc[nH]c4c3)CC[C@H]21. The van der Waals surface area contributed by atoms with Gasteiger partial charge in [-0.3, -0.25) is 9.59 Å². The molecule has 2 atom stereocenters. The van der Waals surface area contributed by atoms with Crippen molar-refractivity contribution in [1.29, 1.82) is 0 Å². The first-order valence-corrected chi connectivity index (χ1v) is 8.89. The smallest absolute Gasteiger partial charge is 0.253 e. The number of nitrogens with zero attached hydrogens (tertiary/aromatic N) is 3. The fourth-order valence-corrected chi connectivity index (χ4v) is 4.22. The molecular formula is C18H25Cl2N5O2. The third kappa shape index (κ3) is 4.05. The third-order valence-electron chi connectivity index (χ3n) is 5.47. The van der Waals surface area contributed by atoms with Crippen molar-refractivity contribution < 1.29 is 9.59 Å². The number of halogens is 2. The Morgan fingerprint density at radius 1 is 1.30 bits per heavy atom. The van der Waals surface area contributed by atoms with Gasteiger partial charge in [0.05, 0.1) is 17.4 Å². The monoisotopic (exact) mass is 413 g/mol. The number of rotatable bonds is 3. The predicted octanol–water partition coefficient (Wildman–Crippen LogP) is 1.82. The van der Waals surface area contributed by atoms with Crippen molar-refractivity contribution in [2.75, 3.05) is 26.2 Å². The fourth-order valence-electron chi connectivity index (χ4n) is 4.22. The highest BCUT2D eigenvalue weighted by molar-refractivity contribution is 5.97. The van der Waals surface area contributed by atoms with Crippen LogP contribution in [0, 0.1) is 5.92 Å². The number of H-pyrrole nitrogens is 1. The van der Waals surface area contributed by atoms with Gasteiger partial charge in [-0.25, -0.2) is 4.98 Å². The second-order valence-electron chi connectivity index (χ2n) is 6.92. The standard InChI is InChI=1S/C18H23N5O2.2ClH/c19-6-8-23-16-5-7-22(10-13(16)2-4-17(23)24)18(25)12-1-3-14-15(9-12)21-11-20-14;;/h1,3,9,11,13,16H,2,4-8,10,19H2,(H,20,21);2*1H/t13-,16+;;/m0../s1. The maximum atomic E-state index is 12.9. The minimum atomic E-state index is 0. The zero-order valence-electron chi connectivity index (χ0n) is 15.0. The van der Waals surface area contributed by atoms with Gasteiger partial charge < -0.3 is 20.5 Å². The van der Waals surface area contributed by atoms with E-state index in [1.54, 1.807) is 6.33 Å². The molecule has 2 amide bonds. The van der Waals surface area contributed by atoms with Gasteiger partial charge in [0.25, 0.3) is 5.91 Å². The molecule has 0 bridgehead atoms. The average molecular weight is 414 g/mol. The first-order chi connectivity index (χ1) is 12.2. The molecule has 1 aromatic heterocycles. The summed E-state index contributed by atoms with van der Waals surface area (Å²) in [6.07, 6.45) is 3.88. The number of benzene rings is 1. The summed E-state index contributed by atoms with van der Waals surface area (Å²) in [6.45, 7) is 2.49. The molecule has 148 valence electrons. The molecule has 3 heterocycles. The molecule has 2 aromatic rings. The zero-order valence-corrected chi connectivity index (χ0v) is 16.6. The lowest BCUT2D eigenvalue weighted by Gasteiger charge is -2.47. The number of fused-ring (bicyclic) bond motifs is 2. The summed E-state index contributed by atoms with van der Waals surface area (Å²) >= 11 is 0. The van der Waals surface area contributed by atoms with Gasteiger partial charge in [-0.15, -0.1) is 24.8 Å². The second kappa shape index (κ2) is 8.91. The Labute approximate surface area is 170 Å². The van der Waals surface area contributed by atoms with E-state index in [2.05, 4.69) is 9.97 Å². The Bertz CT molecular complexity index is 812.